The molecule has 30 heavy (non-hydrogen) atoms. The molecule has 6 aromatic carbocycles. The lowest BCUT2D eigenvalue weighted by atomic mass is 9.86. The smallest absolute Gasteiger partial charge is 0.0181 e. The van der Waals surface area contributed by atoms with Crippen molar-refractivity contribution in [2.45, 2.75) is 13.8 Å². The number of fused-ring (bicyclic) bond motifs is 11. The van der Waals surface area contributed by atoms with Crippen LogP contribution in [0.4, 0.5) is 0 Å². The van der Waals surface area contributed by atoms with Gasteiger partial charge in [-0.05, 0) is 92.0 Å². The predicted octanol–water partition coefficient (Wildman–Crippen LogP) is 9.59. The lowest BCUT2D eigenvalue weighted by Crippen LogP contribution is -1.90. The molecule has 0 saturated carbocycles. The molecule has 0 nitrogen and oxygen atoms in total. The van der Waals surface area contributed by atoms with Gasteiger partial charge in [0.15, 0.2) is 0 Å². The zero-order chi connectivity index (χ0) is 20.6. The monoisotopic (exact) mass is 512 g/mol. The summed E-state index contributed by atoms with van der Waals surface area (Å²) < 4.78 is 2.21. The van der Waals surface area contributed by atoms with Crippen LogP contribution < -0.4 is 0 Å². The van der Waals surface area contributed by atoms with E-state index >= 15 is 0 Å². The number of benzene rings is 6. The Morgan fingerprint density at radius 1 is 0.400 bits per heavy atom. The second kappa shape index (κ2) is 6.54. The van der Waals surface area contributed by atoms with E-state index in [-0.39, 0.29) is 0 Å². The average Bonchev–Trinajstić information content (AvgIpc) is 2.73. The molecule has 6 aromatic rings. The number of hydrogen-bond acceptors (Lipinski definition) is 0. The third-order valence-corrected chi connectivity index (χ3v) is 7.21. The fourth-order valence-electron chi connectivity index (χ4n) is 4.94. The maximum atomic E-state index is 3.70. The molecule has 0 radical (unpaired) electrons. The van der Waals surface area contributed by atoms with Gasteiger partial charge in [-0.2, -0.15) is 0 Å². The van der Waals surface area contributed by atoms with Crippen LogP contribution in [0, 0.1) is 13.8 Å². The normalized spacial score (nSPS) is 12.0. The molecule has 0 fully saturated rings. The Morgan fingerprint density at radius 2 is 0.733 bits per heavy atom. The van der Waals surface area contributed by atoms with Gasteiger partial charge in [-0.1, -0.05) is 91.5 Å². The van der Waals surface area contributed by atoms with Gasteiger partial charge in [0, 0.05) is 8.95 Å². The highest BCUT2D eigenvalue weighted by atomic mass is 79.9. The van der Waals surface area contributed by atoms with Gasteiger partial charge in [0.2, 0.25) is 0 Å². The van der Waals surface area contributed by atoms with E-state index in [4.69, 9.17) is 0 Å². The first-order valence-corrected chi connectivity index (χ1v) is 11.7. The van der Waals surface area contributed by atoms with Crippen molar-refractivity contribution in [1.29, 1.82) is 0 Å². The largest absolute Gasteiger partial charge is 0.0587 e. The van der Waals surface area contributed by atoms with Gasteiger partial charge in [0.1, 0.15) is 0 Å². The molecule has 0 atom stereocenters. The van der Waals surface area contributed by atoms with Gasteiger partial charge in [-0.25, -0.2) is 0 Å². The van der Waals surface area contributed by atoms with Crippen LogP contribution in [0.15, 0.2) is 81.7 Å². The van der Waals surface area contributed by atoms with E-state index in [2.05, 4.69) is 119 Å². The quantitative estimate of drug-likeness (QED) is 0.177. The lowest BCUT2D eigenvalue weighted by Gasteiger charge is -2.17. The summed E-state index contributed by atoms with van der Waals surface area (Å²) in [5.74, 6) is 0. The van der Waals surface area contributed by atoms with Gasteiger partial charge in [-0.15, -0.1) is 0 Å². The van der Waals surface area contributed by atoms with Crippen molar-refractivity contribution in [2.75, 3.05) is 0 Å². The number of rotatable bonds is 0. The van der Waals surface area contributed by atoms with Crippen LogP contribution in [0.2, 0.25) is 0 Å². The lowest BCUT2D eigenvalue weighted by molar-refractivity contribution is 1.50. The van der Waals surface area contributed by atoms with Crippen LogP contribution in [-0.2, 0) is 0 Å². The summed E-state index contributed by atoms with van der Waals surface area (Å²) in [5.41, 5.74) is 2.59. The fraction of sp³-hybridized carbons (Fsp3) is 0.0714. The Kier molecular flexibility index (Phi) is 4.00. The Labute approximate surface area is 191 Å². The molecule has 0 bridgehead atoms. The van der Waals surface area contributed by atoms with Crippen LogP contribution in [-0.4, -0.2) is 0 Å². The Morgan fingerprint density at radius 3 is 1.13 bits per heavy atom. The highest BCUT2D eigenvalue weighted by Gasteiger charge is 2.16. The molecule has 144 valence electrons. The second-order valence-electron chi connectivity index (χ2n) is 8.23. The molecule has 0 spiro atoms. The third kappa shape index (κ3) is 2.57. The van der Waals surface area contributed by atoms with E-state index in [0.29, 0.717) is 0 Å². The molecule has 0 aliphatic carbocycles. The molecule has 6 rings (SSSR count). The van der Waals surface area contributed by atoms with E-state index in [1.54, 1.807) is 0 Å². The number of hydrogen-bond donors (Lipinski definition) is 0. The maximum Gasteiger partial charge on any atom is 0.0181 e. The zero-order valence-electron chi connectivity index (χ0n) is 16.7. The molecular weight excluding hydrogens is 496 g/mol. The van der Waals surface area contributed by atoms with Crippen molar-refractivity contribution < 1.29 is 0 Å². The zero-order valence-corrected chi connectivity index (χ0v) is 19.9. The maximum absolute atomic E-state index is 3.70. The van der Waals surface area contributed by atoms with Crippen molar-refractivity contribution in [3.63, 3.8) is 0 Å². The van der Waals surface area contributed by atoms with Crippen molar-refractivity contribution in [1.82, 2.24) is 0 Å². The third-order valence-electron chi connectivity index (χ3n) is 6.22. The van der Waals surface area contributed by atoms with Crippen LogP contribution in [0.5, 0.6) is 0 Å². The van der Waals surface area contributed by atoms with Crippen LogP contribution >= 0.6 is 31.9 Å². The molecule has 0 heterocycles. The highest BCUT2D eigenvalue weighted by Crippen LogP contribution is 2.45. The molecule has 0 amide bonds. The minimum absolute atomic E-state index is 1.10. The molecule has 0 aliphatic rings. The summed E-state index contributed by atoms with van der Waals surface area (Å²) >= 11 is 7.39. The average molecular weight is 514 g/mol. The van der Waals surface area contributed by atoms with Crippen LogP contribution in [0.1, 0.15) is 11.1 Å². The van der Waals surface area contributed by atoms with Crippen LogP contribution in [0.3, 0.4) is 0 Å². The summed E-state index contributed by atoms with van der Waals surface area (Å²) in [5, 5.41) is 13.2. The fourth-order valence-corrected chi connectivity index (χ4v) is 5.66. The van der Waals surface area contributed by atoms with Gasteiger partial charge >= 0.3 is 0 Å². The van der Waals surface area contributed by atoms with Crippen molar-refractivity contribution in [3.05, 3.63) is 92.9 Å². The minimum atomic E-state index is 1.10. The summed E-state index contributed by atoms with van der Waals surface area (Å²) in [4.78, 5) is 0. The summed E-state index contributed by atoms with van der Waals surface area (Å²) in [6.07, 6.45) is 0. The van der Waals surface area contributed by atoms with Gasteiger partial charge in [0.25, 0.3) is 0 Å². The number of aryl methyl sites for hydroxylation is 2. The Balaban J connectivity index is 2.08. The topological polar surface area (TPSA) is 0 Å². The first-order chi connectivity index (χ1) is 14.5. The summed E-state index contributed by atoms with van der Waals surface area (Å²) in [7, 11) is 0. The molecule has 0 aliphatic heterocycles. The minimum Gasteiger partial charge on any atom is -0.0587 e. The summed E-state index contributed by atoms with van der Waals surface area (Å²) in [6, 6.07) is 27.1. The van der Waals surface area contributed by atoms with E-state index in [1.807, 2.05) is 0 Å². The van der Waals surface area contributed by atoms with E-state index < -0.39 is 0 Å². The van der Waals surface area contributed by atoms with Crippen LogP contribution in [0.25, 0.3) is 53.9 Å². The molecular formula is C28H18Br2. The second-order valence-corrected chi connectivity index (χ2v) is 10.1. The van der Waals surface area contributed by atoms with Gasteiger partial charge in [-0.3, -0.25) is 0 Å². The Hall–Kier alpha value is -2.42. The van der Waals surface area contributed by atoms with E-state index in [1.165, 1.54) is 65.0 Å². The van der Waals surface area contributed by atoms with Crippen molar-refractivity contribution >= 4 is 85.7 Å². The van der Waals surface area contributed by atoms with Gasteiger partial charge in [0.05, 0.1) is 0 Å². The molecule has 2 heteroatoms. The predicted molar refractivity (Wildman–Crippen MR) is 139 cm³/mol. The van der Waals surface area contributed by atoms with Gasteiger partial charge < -0.3 is 0 Å². The molecule has 0 unspecified atom stereocenters. The standard InChI is InChI=1S/C28H18Br2/c1-15-3-7-19-23(11-15)24-12-16(2)4-8-20(24)28-22-10-6-18(30)14-26(22)25-13-17(29)5-9-21(25)27(19)28/h3-14H,1-2H3. The first-order valence-electron chi connectivity index (χ1n) is 10.1. The molecule has 0 aromatic heterocycles. The molecule has 0 saturated heterocycles. The van der Waals surface area contributed by atoms with E-state index in [0.717, 1.165) is 8.95 Å². The SMILES string of the molecule is Cc1ccc2c(c1)c1cc(C)ccc1c1c3ccc(Br)cc3c3cc(Br)ccc3c21. The summed E-state index contributed by atoms with van der Waals surface area (Å²) in [6.45, 7) is 4.36. The van der Waals surface area contributed by atoms with E-state index in [9.17, 15) is 0 Å². The first kappa shape index (κ1) is 18.4. The Bertz CT molecular complexity index is 1430. The highest BCUT2D eigenvalue weighted by molar-refractivity contribution is 9.10. The van der Waals surface area contributed by atoms with Crippen molar-refractivity contribution in [3.8, 4) is 0 Å². The number of halogens is 2. The van der Waals surface area contributed by atoms with Crippen molar-refractivity contribution in [2.24, 2.45) is 0 Å². The molecule has 0 N–H and O–H groups in total.